The van der Waals surface area contributed by atoms with Crippen molar-refractivity contribution in [3.63, 3.8) is 0 Å². The summed E-state index contributed by atoms with van der Waals surface area (Å²) in [6.07, 6.45) is 10.4. The van der Waals surface area contributed by atoms with E-state index in [0.29, 0.717) is 23.9 Å². The van der Waals surface area contributed by atoms with Gasteiger partial charge in [-0.1, -0.05) is 51.2 Å². The zero-order chi connectivity index (χ0) is 21.7. The maximum atomic E-state index is 13.5. The van der Waals surface area contributed by atoms with Gasteiger partial charge in [-0.25, -0.2) is 0 Å². The molecule has 1 aromatic rings. The van der Waals surface area contributed by atoms with Crippen molar-refractivity contribution >= 4 is 11.8 Å². The SMILES string of the molecule is CCCCCc1ccc(C(=O)N2C[C@H]3CCCC[C@H]3C[C@H]2C(=O)NC(C)(C)C)cc1. The van der Waals surface area contributed by atoms with Crippen LogP contribution in [-0.2, 0) is 11.2 Å². The van der Waals surface area contributed by atoms with Gasteiger partial charge in [-0.2, -0.15) is 0 Å². The predicted molar refractivity (Wildman–Crippen MR) is 122 cm³/mol. The molecule has 4 heteroatoms. The fourth-order valence-electron chi connectivity index (χ4n) is 5.11. The highest BCUT2D eigenvalue weighted by Gasteiger charge is 2.42. The second kappa shape index (κ2) is 9.98. The Balaban J connectivity index is 1.76. The van der Waals surface area contributed by atoms with Gasteiger partial charge in [-0.15, -0.1) is 0 Å². The molecule has 4 nitrogen and oxygen atoms in total. The van der Waals surface area contributed by atoms with Crippen molar-refractivity contribution in [2.24, 2.45) is 11.8 Å². The van der Waals surface area contributed by atoms with E-state index in [-0.39, 0.29) is 23.4 Å². The van der Waals surface area contributed by atoms with Crippen LogP contribution in [0.3, 0.4) is 0 Å². The van der Waals surface area contributed by atoms with Crippen LogP contribution in [0.15, 0.2) is 24.3 Å². The lowest BCUT2D eigenvalue weighted by molar-refractivity contribution is -0.130. The lowest BCUT2D eigenvalue weighted by atomic mass is 9.72. The fourth-order valence-corrected chi connectivity index (χ4v) is 5.11. The van der Waals surface area contributed by atoms with Crippen molar-refractivity contribution in [1.29, 1.82) is 0 Å². The largest absolute Gasteiger partial charge is 0.350 e. The number of hydrogen-bond donors (Lipinski definition) is 1. The van der Waals surface area contributed by atoms with E-state index in [1.807, 2.05) is 37.8 Å². The number of rotatable bonds is 6. The average molecular weight is 413 g/mol. The van der Waals surface area contributed by atoms with Gasteiger partial charge in [0.05, 0.1) is 0 Å². The number of amides is 2. The van der Waals surface area contributed by atoms with Gasteiger partial charge in [0.2, 0.25) is 5.91 Å². The van der Waals surface area contributed by atoms with Gasteiger partial charge in [-0.05, 0) is 76.0 Å². The van der Waals surface area contributed by atoms with E-state index in [0.717, 1.165) is 12.8 Å². The Morgan fingerprint density at radius 2 is 1.70 bits per heavy atom. The first-order valence-electron chi connectivity index (χ1n) is 12.0. The Hall–Kier alpha value is -1.84. The Morgan fingerprint density at radius 1 is 1.03 bits per heavy atom. The van der Waals surface area contributed by atoms with Crippen molar-refractivity contribution in [3.8, 4) is 0 Å². The number of unbranched alkanes of at least 4 members (excludes halogenated alkanes) is 2. The highest BCUT2D eigenvalue weighted by atomic mass is 16.2. The van der Waals surface area contributed by atoms with Crippen LogP contribution < -0.4 is 5.32 Å². The molecule has 1 saturated heterocycles. The maximum absolute atomic E-state index is 13.5. The quantitative estimate of drug-likeness (QED) is 0.640. The summed E-state index contributed by atoms with van der Waals surface area (Å²) in [4.78, 5) is 28.5. The molecule has 1 aromatic carbocycles. The first-order valence-corrected chi connectivity index (χ1v) is 12.0. The number of carbonyl (C=O) groups is 2. The summed E-state index contributed by atoms with van der Waals surface area (Å²) in [5.41, 5.74) is 1.69. The highest BCUT2D eigenvalue weighted by Crippen LogP contribution is 2.39. The minimum atomic E-state index is -0.361. The standard InChI is InChI=1S/C26H40N2O2/c1-5-6-7-10-19-13-15-20(16-14-19)25(30)28-18-22-12-9-8-11-21(22)17-23(28)24(29)27-26(2,3)4/h13-16,21-23H,5-12,17-18H2,1-4H3,(H,27,29)/t21-,22+,23-/m0/s1. The molecule has 0 radical (unpaired) electrons. The summed E-state index contributed by atoms with van der Waals surface area (Å²) in [7, 11) is 0. The molecule has 2 fully saturated rings. The van der Waals surface area contributed by atoms with Gasteiger partial charge in [0, 0.05) is 17.6 Å². The number of likely N-dealkylation sites (tertiary alicyclic amines) is 1. The van der Waals surface area contributed by atoms with Gasteiger partial charge in [-0.3, -0.25) is 9.59 Å². The maximum Gasteiger partial charge on any atom is 0.254 e. The monoisotopic (exact) mass is 412 g/mol. The Kier molecular flexibility index (Phi) is 7.60. The number of fused-ring (bicyclic) bond motifs is 1. The molecule has 0 unspecified atom stereocenters. The molecular formula is C26H40N2O2. The minimum absolute atomic E-state index is 0.00365. The highest BCUT2D eigenvalue weighted by molar-refractivity contribution is 5.97. The van der Waals surface area contributed by atoms with Gasteiger partial charge >= 0.3 is 0 Å². The second-order valence-electron chi connectivity index (χ2n) is 10.4. The van der Waals surface area contributed by atoms with Crippen LogP contribution in [0.5, 0.6) is 0 Å². The van der Waals surface area contributed by atoms with E-state index < -0.39 is 0 Å². The van der Waals surface area contributed by atoms with Crippen molar-refractivity contribution in [2.45, 2.75) is 97.1 Å². The first kappa shape index (κ1) is 22.8. The molecular weight excluding hydrogens is 372 g/mol. The number of aryl methyl sites for hydroxylation is 1. The number of piperidine rings is 1. The van der Waals surface area contributed by atoms with Crippen LogP contribution in [0.25, 0.3) is 0 Å². The smallest absolute Gasteiger partial charge is 0.254 e. The predicted octanol–water partition coefficient (Wildman–Crippen LogP) is 5.35. The van der Waals surface area contributed by atoms with Crippen molar-refractivity contribution in [1.82, 2.24) is 10.2 Å². The van der Waals surface area contributed by atoms with Crippen LogP contribution >= 0.6 is 0 Å². The zero-order valence-corrected chi connectivity index (χ0v) is 19.4. The Labute approximate surface area is 182 Å². The lowest BCUT2D eigenvalue weighted by Gasteiger charge is -2.46. The molecule has 0 bridgehead atoms. The molecule has 1 saturated carbocycles. The van der Waals surface area contributed by atoms with Gasteiger partial charge < -0.3 is 10.2 Å². The van der Waals surface area contributed by atoms with Crippen LogP contribution in [0.1, 0.15) is 95.0 Å². The number of hydrogen-bond acceptors (Lipinski definition) is 2. The molecule has 30 heavy (non-hydrogen) atoms. The topological polar surface area (TPSA) is 49.4 Å². The van der Waals surface area contributed by atoms with E-state index in [1.54, 1.807) is 0 Å². The number of carbonyl (C=O) groups excluding carboxylic acids is 2. The van der Waals surface area contributed by atoms with E-state index in [2.05, 4.69) is 24.4 Å². The first-order chi connectivity index (χ1) is 14.3. The van der Waals surface area contributed by atoms with Crippen LogP contribution in [0, 0.1) is 11.8 Å². The average Bonchev–Trinajstić information content (AvgIpc) is 2.72. The Morgan fingerprint density at radius 3 is 2.33 bits per heavy atom. The molecule has 1 aliphatic carbocycles. The molecule has 1 aliphatic heterocycles. The molecule has 2 amide bonds. The summed E-state index contributed by atoms with van der Waals surface area (Å²) in [5, 5.41) is 3.13. The third-order valence-corrected chi connectivity index (χ3v) is 6.73. The van der Waals surface area contributed by atoms with E-state index >= 15 is 0 Å². The molecule has 166 valence electrons. The fraction of sp³-hybridized carbons (Fsp3) is 0.692. The molecule has 3 atom stereocenters. The zero-order valence-electron chi connectivity index (χ0n) is 19.4. The second-order valence-corrected chi connectivity index (χ2v) is 10.4. The van der Waals surface area contributed by atoms with Gasteiger partial charge in [0.25, 0.3) is 5.91 Å². The summed E-state index contributed by atoms with van der Waals surface area (Å²) in [6.45, 7) is 8.93. The van der Waals surface area contributed by atoms with Crippen molar-refractivity contribution < 1.29 is 9.59 Å². The third-order valence-electron chi connectivity index (χ3n) is 6.73. The Bertz CT molecular complexity index is 720. The van der Waals surface area contributed by atoms with E-state index in [9.17, 15) is 9.59 Å². The van der Waals surface area contributed by atoms with E-state index in [1.165, 1.54) is 50.5 Å². The summed E-state index contributed by atoms with van der Waals surface area (Å²) in [5.74, 6) is 1.11. The molecule has 0 spiro atoms. The summed E-state index contributed by atoms with van der Waals surface area (Å²) in [6, 6.07) is 7.71. The molecule has 0 aromatic heterocycles. The number of nitrogens with zero attached hydrogens (tertiary/aromatic N) is 1. The summed E-state index contributed by atoms with van der Waals surface area (Å²) >= 11 is 0. The van der Waals surface area contributed by atoms with Gasteiger partial charge in [0.1, 0.15) is 6.04 Å². The number of nitrogens with one attached hydrogen (secondary N) is 1. The normalized spacial score (nSPS) is 24.3. The van der Waals surface area contributed by atoms with Crippen LogP contribution in [0.2, 0.25) is 0 Å². The molecule has 1 heterocycles. The summed E-state index contributed by atoms with van der Waals surface area (Å²) < 4.78 is 0. The van der Waals surface area contributed by atoms with Crippen molar-refractivity contribution in [2.75, 3.05) is 6.54 Å². The van der Waals surface area contributed by atoms with Crippen LogP contribution in [0.4, 0.5) is 0 Å². The lowest BCUT2D eigenvalue weighted by Crippen LogP contribution is -2.59. The van der Waals surface area contributed by atoms with E-state index in [4.69, 9.17) is 0 Å². The molecule has 3 rings (SSSR count). The van der Waals surface area contributed by atoms with Gasteiger partial charge in [0.15, 0.2) is 0 Å². The minimum Gasteiger partial charge on any atom is -0.350 e. The number of benzene rings is 1. The molecule has 1 N–H and O–H groups in total. The van der Waals surface area contributed by atoms with Crippen molar-refractivity contribution in [3.05, 3.63) is 35.4 Å². The van der Waals surface area contributed by atoms with Crippen LogP contribution in [-0.4, -0.2) is 34.8 Å². The third kappa shape index (κ3) is 5.86. The molecule has 2 aliphatic rings.